The average Bonchev–Trinajstić information content (AvgIpc) is 3.84. The van der Waals surface area contributed by atoms with Crippen molar-refractivity contribution in [3.63, 3.8) is 0 Å². The standard InChI is InChI=1S/C56H56N4O/c1-54(2,3)40-29-30-57-52(31-40)60-49-26-17-16-25-45(49)46-28-27-44(35-50(46)60)61-43-24-18-23-41(32-43)58-36-51(55(4,5)6)59(37-58)42-33-47(38-19-12-10-13-20-38)53(56(7,8)9)48(34-42)39-21-14-11-15-22-39/h10-36H,37H2,1-9H3. The first-order valence-electron chi connectivity index (χ1n) is 21.5. The number of rotatable bonds is 7. The Kier molecular flexibility index (Phi) is 9.90. The summed E-state index contributed by atoms with van der Waals surface area (Å²) in [6, 6.07) is 54.3. The van der Waals surface area contributed by atoms with Crippen LogP contribution in [0.5, 0.6) is 11.5 Å². The van der Waals surface area contributed by atoms with E-state index >= 15 is 0 Å². The lowest BCUT2D eigenvalue weighted by Gasteiger charge is -2.34. The molecule has 0 bridgehead atoms. The van der Waals surface area contributed by atoms with Crippen molar-refractivity contribution in [3.05, 3.63) is 181 Å². The number of ether oxygens (including phenoxy) is 1. The van der Waals surface area contributed by atoms with Gasteiger partial charge in [0.1, 0.15) is 17.3 Å². The summed E-state index contributed by atoms with van der Waals surface area (Å²) in [5.74, 6) is 2.46. The molecule has 0 spiro atoms. The molecule has 0 N–H and O–H groups in total. The van der Waals surface area contributed by atoms with E-state index in [4.69, 9.17) is 9.72 Å². The smallest absolute Gasteiger partial charge is 0.137 e. The maximum Gasteiger partial charge on any atom is 0.137 e. The number of nitrogens with zero attached hydrogens (tertiary/aromatic N) is 4. The average molecular weight is 801 g/mol. The summed E-state index contributed by atoms with van der Waals surface area (Å²) in [6.07, 6.45) is 4.25. The summed E-state index contributed by atoms with van der Waals surface area (Å²) >= 11 is 0. The van der Waals surface area contributed by atoms with E-state index < -0.39 is 0 Å². The number of fused-ring (bicyclic) bond motifs is 3. The van der Waals surface area contributed by atoms with Gasteiger partial charge in [0.05, 0.1) is 17.7 Å². The van der Waals surface area contributed by atoms with E-state index in [0.717, 1.165) is 39.4 Å². The third kappa shape index (κ3) is 7.70. The summed E-state index contributed by atoms with van der Waals surface area (Å²) in [6.45, 7) is 21.3. The van der Waals surface area contributed by atoms with Crippen LogP contribution in [-0.4, -0.2) is 16.2 Å². The molecule has 9 rings (SSSR count). The lowest BCUT2D eigenvalue weighted by Crippen LogP contribution is -2.31. The molecule has 5 nitrogen and oxygen atoms in total. The largest absolute Gasteiger partial charge is 0.457 e. The summed E-state index contributed by atoms with van der Waals surface area (Å²) in [4.78, 5) is 9.72. The molecule has 0 fully saturated rings. The molecule has 0 atom stereocenters. The van der Waals surface area contributed by atoms with Gasteiger partial charge in [-0.2, -0.15) is 0 Å². The topological polar surface area (TPSA) is 33.5 Å². The third-order valence-electron chi connectivity index (χ3n) is 11.9. The Morgan fingerprint density at radius 3 is 1.77 bits per heavy atom. The molecule has 3 heterocycles. The molecule has 61 heavy (non-hydrogen) atoms. The van der Waals surface area contributed by atoms with Gasteiger partial charge < -0.3 is 14.5 Å². The van der Waals surface area contributed by atoms with E-state index in [-0.39, 0.29) is 16.2 Å². The maximum absolute atomic E-state index is 6.74. The minimum atomic E-state index is -0.125. The monoisotopic (exact) mass is 800 g/mol. The maximum atomic E-state index is 6.74. The number of allylic oxidation sites excluding steroid dienone is 1. The highest BCUT2D eigenvalue weighted by Gasteiger charge is 2.33. The van der Waals surface area contributed by atoms with Gasteiger partial charge in [0.15, 0.2) is 0 Å². The van der Waals surface area contributed by atoms with Crippen molar-refractivity contribution in [2.24, 2.45) is 5.41 Å². The number of pyridine rings is 1. The number of para-hydroxylation sites is 1. The molecule has 0 radical (unpaired) electrons. The van der Waals surface area contributed by atoms with Gasteiger partial charge in [-0.25, -0.2) is 4.98 Å². The summed E-state index contributed by atoms with van der Waals surface area (Å²) < 4.78 is 9.00. The Morgan fingerprint density at radius 1 is 0.508 bits per heavy atom. The highest BCUT2D eigenvalue weighted by Crippen LogP contribution is 2.46. The van der Waals surface area contributed by atoms with Crippen LogP contribution < -0.4 is 14.5 Å². The fraction of sp³-hybridized carbons (Fsp3) is 0.232. The zero-order valence-electron chi connectivity index (χ0n) is 37.0. The number of benzene rings is 6. The first-order valence-corrected chi connectivity index (χ1v) is 21.5. The van der Waals surface area contributed by atoms with Crippen LogP contribution in [0.1, 0.15) is 73.4 Å². The van der Waals surface area contributed by atoms with E-state index in [0.29, 0.717) is 6.67 Å². The van der Waals surface area contributed by atoms with Crippen LogP contribution in [0.15, 0.2) is 170 Å². The lowest BCUT2D eigenvalue weighted by molar-refractivity contribution is 0.483. The Bertz CT molecular complexity index is 2860. The van der Waals surface area contributed by atoms with Crippen LogP contribution in [-0.2, 0) is 10.8 Å². The van der Waals surface area contributed by atoms with Crippen LogP contribution in [0.3, 0.4) is 0 Å². The molecule has 1 aliphatic heterocycles. The minimum absolute atomic E-state index is 0.00195. The van der Waals surface area contributed by atoms with E-state index in [1.54, 1.807) is 0 Å². The van der Waals surface area contributed by atoms with Gasteiger partial charge >= 0.3 is 0 Å². The number of hydrogen-bond acceptors (Lipinski definition) is 4. The second kappa shape index (κ2) is 15.1. The van der Waals surface area contributed by atoms with Crippen molar-refractivity contribution >= 4 is 33.2 Å². The first kappa shape index (κ1) is 39.8. The second-order valence-corrected chi connectivity index (χ2v) is 19.5. The highest BCUT2D eigenvalue weighted by molar-refractivity contribution is 6.09. The first-order chi connectivity index (χ1) is 29.1. The molecule has 5 heteroatoms. The van der Waals surface area contributed by atoms with Crippen LogP contribution >= 0.6 is 0 Å². The molecule has 0 amide bonds. The van der Waals surface area contributed by atoms with Gasteiger partial charge in [-0.05, 0) is 98.8 Å². The normalized spacial score (nSPS) is 13.6. The molecular formula is C56H56N4O. The number of hydrogen-bond donors (Lipinski definition) is 0. The van der Waals surface area contributed by atoms with E-state index in [2.05, 4.69) is 228 Å². The van der Waals surface area contributed by atoms with E-state index in [1.165, 1.54) is 50.2 Å². The number of aromatic nitrogens is 2. The molecule has 0 unspecified atom stereocenters. The van der Waals surface area contributed by atoms with Crippen LogP contribution in [0, 0.1) is 5.41 Å². The summed E-state index contributed by atoms with van der Waals surface area (Å²) in [7, 11) is 0. The fourth-order valence-electron chi connectivity index (χ4n) is 8.87. The van der Waals surface area contributed by atoms with Gasteiger partial charge in [-0.1, -0.05) is 147 Å². The Hall–Kier alpha value is -6.59. The quantitative estimate of drug-likeness (QED) is 0.161. The van der Waals surface area contributed by atoms with Crippen molar-refractivity contribution < 1.29 is 4.74 Å². The van der Waals surface area contributed by atoms with Crippen LogP contribution in [0.4, 0.5) is 11.4 Å². The third-order valence-corrected chi connectivity index (χ3v) is 11.9. The van der Waals surface area contributed by atoms with Crippen molar-refractivity contribution in [3.8, 4) is 39.6 Å². The summed E-state index contributed by atoms with van der Waals surface area (Å²) in [5, 5.41) is 2.35. The van der Waals surface area contributed by atoms with Crippen LogP contribution in [0.2, 0.25) is 0 Å². The molecule has 8 aromatic rings. The van der Waals surface area contributed by atoms with Gasteiger partial charge in [-0.15, -0.1) is 0 Å². The predicted molar refractivity (Wildman–Crippen MR) is 257 cm³/mol. The molecule has 6 aromatic carbocycles. The summed E-state index contributed by atoms with van der Waals surface area (Å²) in [5.41, 5.74) is 13.0. The van der Waals surface area contributed by atoms with Gasteiger partial charge in [0, 0.05) is 57.8 Å². The SMILES string of the molecule is CC(C)(C)C1=CN(c2cccc(Oc3ccc4c5ccccc5n(-c5cc(C(C)(C)C)ccn5)c4c3)c2)CN1c1cc(-c2ccccc2)c(C(C)(C)C)c(-c2ccccc2)c1. The lowest BCUT2D eigenvalue weighted by atomic mass is 9.77. The zero-order chi connectivity index (χ0) is 42.7. The second-order valence-electron chi connectivity index (χ2n) is 19.5. The molecule has 2 aromatic heterocycles. The highest BCUT2D eigenvalue weighted by atomic mass is 16.5. The van der Waals surface area contributed by atoms with Crippen molar-refractivity contribution in [1.29, 1.82) is 0 Å². The number of anilines is 2. The predicted octanol–water partition coefficient (Wildman–Crippen LogP) is 15.1. The Labute approximate surface area is 361 Å². The molecule has 1 aliphatic rings. The van der Waals surface area contributed by atoms with Crippen molar-refractivity contribution in [1.82, 2.24) is 9.55 Å². The minimum Gasteiger partial charge on any atom is -0.457 e. The van der Waals surface area contributed by atoms with Crippen LogP contribution in [0.25, 0.3) is 49.9 Å². The Balaban J connectivity index is 1.09. The van der Waals surface area contributed by atoms with E-state index in [9.17, 15) is 0 Å². The fourth-order valence-corrected chi connectivity index (χ4v) is 8.87. The van der Waals surface area contributed by atoms with E-state index in [1.807, 2.05) is 12.3 Å². The molecule has 306 valence electrons. The molecule has 0 saturated heterocycles. The van der Waals surface area contributed by atoms with Gasteiger partial charge in [-0.3, -0.25) is 4.57 Å². The van der Waals surface area contributed by atoms with Gasteiger partial charge in [0.2, 0.25) is 0 Å². The van der Waals surface area contributed by atoms with Crippen molar-refractivity contribution in [2.75, 3.05) is 16.5 Å². The molecule has 0 saturated carbocycles. The molecular weight excluding hydrogens is 745 g/mol. The molecule has 0 aliphatic carbocycles. The van der Waals surface area contributed by atoms with Gasteiger partial charge in [0.25, 0.3) is 0 Å². The van der Waals surface area contributed by atoms with Crippen molar-refractivity contribution in [2.45, 2.75) is 73.1 Å². The Morgan fingerprint density at radius 2 is 1.13 bits per heavy atom. The zero-order valence-corrected chi connectivity index (χ0v) is 37.0.